The number of hydrogen-bond acceptors (Lipinski definition) is 2. The Morgan fingerprint density at radius 1 is 1.11 bits per heavy atom. The van der Waals surface area contributed by atoms with Crippen molar-refractivity contribution in [2.24, 2.45) is 0 Å². The Morgan fingerprint density at radius 3 is 2.28 bits per heavy atom. The second kappa shape index (κ2) is 6.55. The molecular weight excluding hydrogens is 244 g/mol. The fourth-order valence-electron chi connectivity index (χ4n) is 2.73. The van der Waals surface area contributed by atoms with Crippen LogP contribution in [-0.2, 0) is 6.54 Å². The van der Waals surface area contributed by atoms with Crippen molar-refractivity contribution in [1.82, 2.24) is 10.2 Å². The first kappa shape index (κ1) is 15.5. The van der Waals surface area contributed by atoms with Crippen LogP contribution in [0.25, 0.3) is 0 Å². The molecule has 18 heavy (non-hydrogen) atoms. The Balaban J connectivity index is 0.00000162. The Kier molecular flexibility index (Phi) is 5.64. The Hall–Kier alpha value is -0.570. The molecule has 2 rings (SSSR count). The summed E-state index contributed by atoms with van der Waals surface area (Å²) >= 11 is 0. The topological polar surface area (TPSA) is 15.3 Å². The van der Waals surface area contributed by atoms with Gasteiger partial charge in [-0.15, -0.1) is 12.4 Å². The zero-order chi connectivity index (χ0) is 12.4. The van der Waals surface area contributed by atoms with Gasteiger partial charge in [0.15, 0.2) is 0 Å². The molecule has 1 aliphatic heterocycles. The largest absolute Gasteiger partial charge is 0.309 e. The van der Waals surface area contributed by atoms with E-state index >= 15 is 0 Å². The van der Waals surface area contributed by atoms with Crippen molar-refractivity contribution >= 4 is 12.4 Å². The predicted molar refractivity (Wildman–Crippen MR) is 80.5 cm³/mol. The van der Waals surface area contributed by atoms with Gasteiger partial charge in [0.1, 0.15) is 0 Å². The molecular formula is C15H25ClN2. The van der Waals surface area contributed by atoms with Gasteiger partial charge in [-0.3, -0.25) is 4.90 Å². The molecule has 1 saturated heterocycles. The van der Waals surface area contributed by atoms with Crippen LogP contribution in [-0.4, -0.2) is 30.1 Å². The molecule has 1 aromatic rings. The molecule has 102 valence electrons. The summed E-state index contributed by atoms with van der Waals surface area (Å²) in [4.78, 5) is 2.55. The highest BCUT2D eigenvalue weighted by molar-refractivity contribution is 5.85. The highest BCUT2D eigenvalue weighted by Crippen LogP contribution is 2.14. The summed E-state index contributed by atoms with van der Waals surface area (Å²) < 4.78 is 0. The molecule has 0 aromatic heterocycles. The number of aryl methyl sites for hydroxylation is 2. The van der Waals surface area contributed by atoms with Gasteiger partial charge in [-0.1, -0.05) is 18.2 Å². The molecule has 0 spiro atoms. The average molecular weight is 269 g/mol. The maximum atomic E-state index is 3.57. The van der Waals surface area contributed by atoms with Crippen molar-refractivity contribution in [3.63, 3.8) is 0 Å². The van der Waals surface area contributed by atoms with Crippen molar-refractivity contribution in [1.29, 1.82) is 0 Å². The first-order chi connectivity index (χ1) is 8.04. The molecule has 1 aliphatic rings. The van der Waals surface area contributed by atoms with Crippen molar-refractivity contribution in [3.05, 3.63) is 34.9 Å². The van der Waals surface area contributed by atoms with Gasteiger partial charge < -0.3 is 5.32 Å². The molecule has 1 N–H and O–H groups in total. The first-order valence-electron chi connectivity index (χ1n) is 6.59. The van der Waals surface area contributed by atoms with Crippen LogP contribution in [0, 0.1) is 13.8 Å². The van der Waals surface area contributed by atoms with Crippen molar-refractivity contribution in [3.8, 4) is 0 Å². The second-order valence-electron chi connectivity index (χ2n) is 5.58. The minimum Gasteiger partial charge on any atom is -0.309 e. The van der Waals surface area contributed by atoms with Crippen molar-refractivity contribution in [2.75, 3.05) is 13.1 Å². The average Bonchev–Trinajstić information content (AvgIpc) is 2.22. The van der Waals surface area contributed by atoms with Gasteiger partial charge in [0.05, 0.1) is 0 Å². The summed E-state index contributed by atoms with van der Waals surface area (Å²) in [6.07, 6.45) is 0. The fourth-order valence-corrected chi connectivity index (χ4v) is 2.73. The number of rotatable bonds is 2. The molecule has 0 amide bonds. The van der Waals surface area contributed by atoms with Gasteiger partial charge in [-0.2, -0.15) is 0 Å². The van der Waals surface area contributed by atoms with Crippen molar-refractivity contribution < 1.29 is 0 Å². The van der Waals surface area contributed by atoms with E-state index in [1.807, 2.05) is 0 Å². The zero-order valence-electron chi connectivity index (χ0n) is 11.9. The maximum absolute atomic E-state index is 3.57. The van der Waals surface area contributed by atoms with Crippen LogP contribution in [0.15, 0.2) is 18.2 Å². The number of benzene rings is 1. The monoisotopic (exact) mass is 268 g/mol. The standard InChI is InChI=1S/C15H24N2.ClH/c1-11-5-6-15(7-12(11)2)10-17-8-13(3)16-14(4)9-17;/h5-7,13-14,16H,8-10H2,1-4H3;1H. The van der Waals surface area contributed by atoms with E-state index < -0.39 is 0 Å². The molecule has 2 unspecified atom stereocenters. The highest BCUT2D eigenvalue weighted by Gasteiger charge is 2.20. The van der Waals surface area contributed by atoms with Crippen LogP contribution < -0.4 is 5.32 Å². The van der Waals surface area contributed by atoms with Crippen LogP contribution in [0.5, 0.6) is 0 Å². The lowest BCUT2D eigenvalue weighted by atomic mass is 10.0. The van der Waals surface area contributed by atoms with E-state index in [9.17, 15) is 0 Å². The highest BCUT2D eigenvalue weighted by atomic mass is 35.5. The number of piperazine rings is 1. The quantitative estimate of drug-likeness (QED) is 0.887. The van der Waals surface area contributed by atoms with Crippen LogP contribution in [0.2, 0.25) is 0 Å². The smallest absolute Gasteiger partial charge is 0.0235 e. The number of hydrogen-bond donors (Lipinski definition) is 1. The lowest BCUT2D eigenvalue weighted by Gasteiger charge is -2.36. The molecule has 2 atom stereocenters. The lowest BCUT2D eigenvalue weighted by Crippen LogP contribution is -2.53. The van der Waals surface area contributed by atoms with E-state index in [2.05, 4.69) is 56.1 Å². The minimum atomic E-state index is 0. The molecule has 1 aromatic carbocycles. The molecule has 0 saturated carbocycles. The van der Waals surface area contributed by atoms with Crippen LogP contribution in [0.1, 0.15) is 30.5 Å². The lowest BCUT2D eigenvalue weighted by molar-refractivity contribution is 0.166. The van der Waals surface area contributed by atoms with E-state index in [0.717, 1.165) is 19.6 Å². The van der Waals surface area contributed by atoms with Crippen LogP contribution >= 0.6 is 12.4 Å². The SMILES string of the molecule is Cc1ccc(CN2CC(C)NC(C)C2)cc1C.Cl. The number of halogens is 1. The van der Waals surface area contributed by atoms with E-state index in [1.54, 1.807) is 0 Å². The summed E-state index contributed by atoms with van der Waals surface area (Å²) in [7, 11) is 0. The van der Waals surface area contributed by atoms with Crippen LogP contribution in [0.4, 0.5) is 0 Å². The van der Waals surface area contributed by atoms with E-state index in [1.165, 1.54) is 16.7 Å². The summed E-state index contributed by atoms with van der Waals surface area (Å²) in [6, 6.07) is 8.03. The molecule has 1 fully saturated rings. The maximum Gasteiger partial charge on any atom is 0.0235 e. The van der Waals surface area contributed by atoms with Crippen molar-refractivity contribution in [2.45, 2.75) is 46.3 Å². The second-order valence-corrected chi connectivity index (χ2v) is 5.58. The van der Waals surface area contributed by atoms with Gasteiger partial charge in [-0.25, -0.2) is 0 Å². The molecule has 2 nitrogen and oxygen atoms in total. The van der Waals surface area contributed by atoms with E-state index in [4.69, 9.17) is 0 Å². The Morgan fingerprint density at radius 2 is 1.72 bits per heavy atom. The number of nitrogens with one attached hydrogen (secondary N) is 1. The molecule has 3 heteroatoms. The first-order valence-corrected chi connectivity index (χ1v) is 6.59. The van der Waals surface area contributed by atoms with Gasteiger partial charge in [0.25, 0.3) is 0 Å². The summed E-state index contributed by atoms with van der Waals surface area (Å²) in [5, 5.41) is 3.57. The minimum absolute atomic E-state index is 0. The third kappa shape index (κ3) is 3.98. The molecule has 1 heterocycles. The third-order valence-corrected chi connectivity index (χ3v) is 3.61. The Bertz CT molecular complexity index is 382. The van der Waals surface area contributed by atoms with Crippen LogP contribution in [0.3, 0.4) is 0 Å². The van der Waals surface area contributed by atoms with Gasteiger partial charge >= 0.3 is 0 Å². The fraction of sp³-hybridized carbons (Fsp3) is 0.600. The summed E-state index contributed by atoms with van der Waals surface area (Å²) in [5.74, 6) is 0. The van der Waals surface area contributed by atoms with Gasteiger partial charge in [-0.05, 0) is 44.4 Å². The van der Waals surface area contributed by atoms with Gasteiger partial charge in [0, 0.05) is 31.7 Å². The molecule has 0 aliphatic carbocycles. The zero-order valence-corrected chi connectivity index (χ0v) is 12.7. The van der Waals surface area contributed by atoms with E-state index in [0.29, 0.717) is 12.1 Å². The molecule has 0 bridgehead atoms. The van der Waals surface area contributed by atoms with Gasteiger partial charge in [0.2, 0.25) is 0 Å². The number of nitrogens with zero attached hydrogens (tertiary/aromatic N) is 1. The normalized spacial score (nSPS) is 24.7. The predicted octanol–water partition coefficient (Wildman–Crippen LogP) is 2.91. The summed E-state index contributed by atoms with van der Waals surface area (Å²) in [6.45, 7) is 12.3. The summed E-state index contributed by atoms with van der Waals surface area (Å²) in [5.41, 5.74) is 4.23. The van der Waals surface area contributed by atoms with E-state index in [-0.39, 0.29) is 12.4 Å². The third-order valence-electron chi connectivity index (χ3n) is 3.61. The Labute approximate surface area is 117 Å². The molecule has 0 radical (unpaired) electrons.